The molecule has 0 aromatic heterocycles. The van der Waals surface area contributed by atoms with Gasteiger partial charge in [0.1, 0.15) is 6.04 Å². The summed E-state index contributed by atoms with van der Waals surface area (Å²) in [5, 5.41) is 11.1. The fraction of sp³-hybridized carbons (Fsp3) is 0.455. The lowest BCUT2D eigenvalue weighted by Gasteiger charge is -2.12. The monoisotopic (exact) mass is 399 g/mol. The topological polar surface area (TPSA) is 118 Å². The van der Waals surface area contributed by atoms with Crippen LogP contribution in [0.4, 0.5) is 0 Å². The van der Waals surface area contributed by atoms with Crippen molar-refractivity contribution < 1.29 is 14.7 Å². The second-order valence-electron chi connectivity index (χ2n) is 3.42. The predicted octanol–water partition coefficient (Wildman–Crippen LogP) is -0.0344. The number of halogens is 2. The third kappa shape index (κ3) is 10.7. The highest BCUT2D eigenvalue weighted by Gasteiger charge is 2.18. The van der Waals surface area contributed by atoms with Gasteiger partial charge in [0, 0.05) is 0 Å². The molecule has 0 saturated carbocycles. The van der Waals surface area contributed by atoms with Crippen LogP contribution in [0.3, 0.4) is 0 Å². The summed E-state index contributed by atoms with van der Waals surface area (Å²) in [7, 11) is 0. The second-order valence-corrected chi connectivity index (χ2v) is 3.42. The van der Waals surface area contributed by atoms with Crippen molar-refractivity contribution in [3.8, 4) is 11.8 Å². The third-order valence-corrected chi connectivity index (χ3v) is 1.80. The van der Waals surface area contributed by atoms with Crippen LogP contribution in [0.1, 0.15) is 13.8 Å². The van der Waals surface area contributed by atoms with E-state index < -0.39 is 30.0 Å². The van der Waals surface area contributed by atoms with E-state index in [1.54, 1.807) is 6.92 Å². The van der Waals surface area contributed by atoms with Gasteiger partial charge in [0.2, 0.25) is 5.91 Å². The van der Waals surface area contributed by atoms with E-state index in [0.717, 1.165) is 0 Å². The molecule has 8 heteroatoms. The van der Waals surface area contributed by atoms with Gasteiger partial charge >= 0.3 is 5.97 Å². The molecule has 19 heavy (non-hydrogen) atoms. The Balaban J connectivity index is -0.00000128. The molecule has 3 unspecified atom stereocenters. The van der Waals surface area contributed by atoms with Crippen LogP contribution in [0, 0.1) is 11.8 Å². The number of carbonyl (C=O) groups excluding carboxylic acids is 1. The van der Waals surface area contributed by atoms with Crippen molar-refractivity contribution in [1.29, 1.82) is 0 Å². The molecule has 6 N–H and O–H groups in total. The van der Waals surface area contributed by atoms with Crippen molar-refractivity contribution in [2.75, 3.05) is 0 Å². The molecule has 0 aromatic rings. The van der Waals surface area contributed by atoms with E-state index in [4.69, 9.17) is 16.6 Å². The number of carboxylic acids is 1. The molecule has 0 saturated heterocycles. The van der Waals surface area contributed by atoms with Crippen LogP contribution in [0.2, 0.25) is 0 Å². The maximum atomic E-state index is 11.2. The molecular weight excluding hydrogens is 382 g/mol. The number of carbonyl (C=O) groups is 2. The average molecular weight is 401 g/mol. The first-order valence-electron chi connectivity index (χ1n) is 5.03. The van der Waals surface area contributed by atoms with E-state index in [9.17, 15) is 9.59 Å². The molecule has 3 atom stereocenters. The Bertz CT molecular complexity index is 375. The second kappa shape index (κ2) is 12.2. The zero-order valence-electron chi connectivity index (χ0n) is 10.6. The van der Waals surface area contributed by atoms with Crippen LogP contribution in [-0.4, -0.2) is 35.1 Å². The highest BCUT2D eigenvalue weighted by molar-refractivity contribution is 8.93. The van der Waals surface area contributed by atoms with Crippen molar-refractivity contribution in [1.82, 2.24) is 5.32 Å². The summed E-state index contributed by atoms with van der Waals surface area (Å²) in [6.07, 6.45) is 2.69. The molecule has 0 aliphatic carbocycles. The summed E-state index contributed by atoms with van der Waals surface area (Å²) in [5.74, 6) is 3.49. The minimum absolute atomic E-state index is 0. The van der Waals surface area contributed by atoms with Crippen molar-refractivity contribution in [2.24, 2.45) is 11.5 Å². The van der Waals surface area contributed by atoms with Crippen LogP contribution in [0.5, 0.6) is 0 Å². The molecule has 0 aliphatic rings. The number of nitrogens with one attached hydrogen (secondary N) is 1. The van der Waals surface area contributed by atoms with Gasteiger partial charge in [-0.05, 0) is 13.8 Å². The van der Waals surface area contributed by atoms with Crippen molar-refractivity contribution in [3.63, 3.8) is 0 Å². The lowest BCUT2D eigenvalue weighted by molar-refractivity contribution is -0.140. The molecule has 0 aromatic carbocycles. The summed E-state index contributed by atoms with van der Waals surface area (Å²) in [6.45, 7) is 3.09. The predicted molar refractivity (Wildman–Crippen MR) is 84.4 cm³/mol. The minimum Gasteiger partial charge on any atom is -0.479 e. The molecule has 0 aliphatic heterocycles. The Hall–Kier alpha value is -0.880. The van der Waals surface area contributed by atoms with Gasteiger partial charge in [0.25, 0.3) is 0 Å². The fourth-order valence-corrected chi connectivity index (χ4v) is 0.922. The lowest BCUT2D eigenvalue weighted by atomic mass is 10.2. The molecule has 0 spiro atoms. The third-order valence-electron chi connectivity index (χ3n) is 1.80. The summed E-state index contributed by atoms with van der Waals surface area (Å²) in [6, 6.07) is -2.48. The van der Waals surface area contributed by atoms with Crippen molar-refractivity contribution in [2.45, 2.75) is 32.0 Å². The average Bonchev–Trinajstić information content (AvgIpc) is 2.23. The number of hydrogen-bond acceptors (Lipinski definition) is 4. The van der Waals surface area contributed by atoms with Crippen LogP contribution >= 0.6 is 34.0 Å². The Morgan fingerprint density at radius 1 is 1.26 bits per heavy atom. The quantitative estimate of drug-likeness (QED) is 0.381. The molecule has 110 valence electrons. The molecule has 0 radical (unpaired) electrons. The first kappa shape index (κ1) is 23.2. The van der Waals surface area contributed by atoms with E-state index in [-0.39, 0.29) is 34.0 Å². The molecule has 0 fully saturated rings. The van der Waals surface area contributed by atoms with Gasteiger partial charge in [0.15, 0.2) is 0 Å². The molecule has 0 rings (SSSR count). The lowest BCUT2D eigenvalue weighted by Crippen LogP contribution is -2.46. The Morgan fingerprint density at radius 2 is 1.79 bits per heavy atom. The Morgan fingerprint density at radius 3 is 2.16 bits per heavy atom. The standard InChI is InChI=1S/C11H17N3O3.2BrH/c1-3-4-8(13)5-6-9(11(16)17)14-10(15)7(2)12;;/h5-9H,12-13H2,1-2H3,(H,14,15)(H,16,17);2*1H. The zero-order chi connectivity index (χ0) is 13.4. The first-order valence-corrected chi connectivity index (χ1v) is 5.03. The molecule has 6 nitrogen and oxygen atoms in total. The van der Waals surface area contributed by atoms with Crippen LogP contribution < -0.4 is 16.8 Å². The Kier molecular flexibility index (Phi) is 14.9. The highest BCUT2D eigenvalue weighted by atomic mass is 79.9. The highest BCUT2D eigenvalue weighted by Crippen LogP contribution is 1.91. The van der Waals surface area contributed by atoms with E-state index in [0.29, 0.717) is 0 Å². The SMILES string of the molecule is Br.Br.CC#CC(N)C=CC(NC(=O)C(C)N)C(=O)O. The van der Waals surface area contributed by atoms with Gasteiger partial charge in [-0.15, -0.1) is 39.9 Å². The van der Waals surface area contributed by atoms with Crippen LogP contribution in [0.15, 0.2) is 12.2 Å². The number of nitrogens with two attached hydrogens (primary N) is 2. The van der Waals surface area contributed by atoms with E-state index in [1.807, 2.05) is 0 Å². The molecule has 0 bridgehead atoms. The van der Waals surface area contributed by atoms with Gasteiger partial charge < -0.3 is 21.9 Å². The van der Waals surface area contributed by atoms with Gasteiger partial charge in [-0.25, -0.2) is 4.79 Å². The number of carboxylic acid groups (broad SMARTS) is 1. The molecular formula is C11H19Br2N3O3. The van der Waals surface area contributed by atoms with Crippen LogP contribution in [-0.2, 0) is 9.59 Å². The number of hydrogen-bond donors (Lipinski definition) is 4. The van der Waals surface area contributed by atoms with Crippen molar-refractivity contribution >= 4 is 45.8 Å². The molecule has 0 heterocycles. The van der Waals surface area contributed by atoms with E-state index >= 15 is 0 Å². The molecule has 1 amide bonds. The fourth-order valence-electron chi connectivity index (χ4n) is 0.922. The summed E-state index contributed by atoms with van der Waals surface area (Å²) in [4.78, 5) is 22.1. The van der Waals surface area contributed by atoms with Gasteiger partial charge in [-0.3, -0.25) is 4.79 Å². The van der Waals surface area contributed by atoms with Crippen molar-refractivity contribution in [3.05, 3.63) is 12.2 Å². The number of aliphatic carboxylic acids is 1. The summed E-state index contributed by atoms with van der Waals surface area (Å²) in [5.41, 5.74) is 10.8. The normalized spacial score (nSPS) is 13.9. The smallest absolute Gasteiger partial charge is 0.330 e. The maximum Gasteiger partial charge on any atom is 0.330 e. The maximum absolute atomic E-state index is 11.2. The minimum atomic E-state index is -1.19. The summed E-state index contributed by atoms with van der Waals surface area (Å²) < 4.78 is 0. The summed E-state index contributed by atoms with van der Waals surface area (Å²) >= 11 is 0. The largest absolute Gasteiger partial charge is 0.479 e. The Labute approximate surface area is 133 Å². The number of amides is 1. The van der Waals surface area contributed by atoms with E-state index in [2.05, 4.69) is 17.2 Å². The zero-order valence-corrected chi connectivity index (χ0v) is 14.0. The van der Waals surface area contributed by atoms with E-state index in [1.165, 1.54) is 19.1 Å². The van der Waals surface area contributed by atoms with Gasteiger partial charge in [-0.2, -0.15) is 0 Å². The number of rotatable bonds is 5. The first-order chi connectivity index (χ1) is 7.88. The van der Waals surface area contributed by atoms with Gasteiger partial charge in [0.05, 0.1) is 12.1 Å². The van der Waals surface area contributed by atoms with Gasteiger partial charge in [-0.1, -0.05) is 18.1 Å². The van der Waals surface area contributed by atoms with Crippen LogP contribution in [0.25, 0.3) is 0 Å².